The quantitative estimate of drug-likeness (QED) is 0.360. The van der Waals surface area contributed by atoms with Gasteiger partial charge in [-0.2, -0.15) is 0 Å². The molecular weight excluding hydrogens is 176 g/mol. The fourth-order valence-corrected chi connectivity index (χ4v) is 0.615. The molecule has 0 bridgehead atoms. The molecule has 0 radical (unpaired) electrons. The fraction of sp³-hybridized carbons (Fsp3) is 0.500. The molecule has 0 saturated heterocycles. The Morgan fingerprint density at radius 1 is 1.15 bits per heavy atom. The molecule has 7 N–H and O–H groups in total. The summed E-state index contributed by atoms with van der Waals surface area (Å²) in [6, 6.07) is -1.03. The van der Waals surface area contributed by atoms with Gasteiger partial charge in [0.25, 0.3) is 0 Å². The van der Waals surface area contributed by atoms with Crippen molar-refractivity contribution in [2.24, 2.45) is 17.2 Å². The van der Waals surface area contributed by atoms with Crippen LogP contribution in [0.2, 0.25) is 0 Å². The summed E-state index contributed by atoms with van der Waals surface area (Å²) in [6.45, 7) is -0.300. The van der Waals surface area contributed by atoms with Crippen LogP contribution in [0.3, 0.4) is 0 Å². The van der Waals surface area contributed by atoms with Crippen molar-refractivity contribution >= 4 is 17.7 Å². The van der Waals surface area contributed by atoms with Crippen molar-refractivity contribution in [1.82, 2.24) is 5.32 Å². The van der Waals surface area contributed by atoms with Gasteiger partial charge in [-0.25, -0.2) is 0 Å². The second-order valence-electron chi connectivity index (χ2n) is 2.46. The van der Waals surface area contributed by atoms with E-state index in [0.717, 1.165) is 0 Å². The maximum absolute atomic E-state index is 10.9. The van der Waals surface area contributed by atoms with Crippen molar-refractivity contribution in [3.63, 3.8) is 0 Å². The summed E-state index contributed by atoms with van der Waals surface area (Å²) < 4.78 is 0. The van der Waals surface area contributed by atoms with E-state index in [1.54, 1.807) is 0 Å². The van der Waals surface area contributed by atoms with Gasteiger partial charge in [0, 0.05) is 0 Å². The molecule has 74 valence electrons. The summed E-state index contributed by atoms with van der Waals surface area (Å²) in [4.78, 5) is 31.5. The number of rotatable bonds is 5. The lowest BCUT2D eigenvalue weighted by atomic mass is 10.2. The van der Waals surface area contributed by atoms with E-state index in [4.69, 9.17) is 17.2 Å². The van der Waals surface area contributed by atoms with Crippen molar-refractivity contribution in [3.8, 4) is 0 Å². The van der Waals surface area contributed by atoms with Crippen molar-refractivity contribution in [2.45, 2.75) is 12.5 Å². The van der Waals surface area contributed by atoms with Gasteiger partial charge in [0.1, 0.15) is 0 Å². The Kier molecular flexibility index (Phi) is 4.45. The molecule has 0 aromatic heterocycles. The molecular formula is C6H12N4O3. The molecule has 0 spiro atoms. The lowest BCUT2D eigenvalue weighted by Crippen LogP contribution is -2.45. The Hall–Kier alpha value is -1.63. The lowest BCUT2D eigenvalue weighted by molar-refractivity contribution is -0.127. The molecule has 0 aliphatic rings. The third-order valence-corrected chi connectivity index (χ3v) is 1.19. The van der Waals surface area contributed by atoms with E-state index in [2.05, 4.69) is 5.32 Å². The van der Waals surface area contributed by atoms with E-state index >= 15 is 0 Å². The smallest absolute Gasteiger partial charge is 0.237 e. The van der Waals surface area contributed by atoms with Gasteiger partial charge in [-0.05, 0) is 0 Å². The van der Waals surface area contributed by atoms with Gasteiger partial charge in [-0.3, -0.25) is 14.4 Å². The van der Waals surface area contributed by atoms with Crippen LogP contribution in [0.4, 0.5) is 0 Å². The molecule has 0 fully saturated rings. The Balaban J connectivity index is 3.82. The molecule has 1 atom stereocenters. The molecule has 0 aliphatic carbocycles. The first-order chi connectivity index (χ1) is 5.93. The van der Waals surface area contributed by atoms with E-state index in [1.165, 1.54) is 0 Å². The van der Waals surface area contributed by atoms with Crippen LogP contribution in [-0.4, -0.2) is 30.3 Å². The number of hydrogen-bond donors (Lipinski definition) is 4. The van der Waals surface area contributed by atoms with Crippen molar-refractivity contribution < 1.29 is 14.4 Å². The van der Waals surface area contributed by atoms with Crippen LogP contribution < -0.4 is 22.5 Å². The van der Waals surface area contributed by atoms with Crippen LogP contribution in [0.15, 0.2) is 0 Å². The molecule has 0 rings (SSSR count). The van der Waals surface area contributed by atoms with E-state index in [0.29, 0.717) is 0 Å². The van der Waals surface area contributed by atoms with Crippen LogP contribution in [0.1, 0.15) is 6.42 Å². The number of nitrogens with two attached hydrogens (primary N) is 3. The Morgan fingerprint density at radius 2 is 1.69 bits per heavy atom. The minimum Gasteiger partial charge on any atom is -0.370 e. The molecule has 0 aromatic carbocycles. The van der Waals surface area contributed by atoms with E-state index in [-0.39, 0.29) is 13.0 Å². The van der Waals surface area contributed by atoms with Crippen LogP contribution in [0, 0.1) is 0 Å². The summed E-state index contributed by atoms with van der Waals surface area (Å²) >= 11 is 0. The number of carbonyl (C=O) groups excluding carboxylic acids is 3. The van der Waals surface area contributed by atoms with Gasteiger partial charge in [0.05, 0.1) is 19.0 Å². The minimum absolute atomic E-state index is 0.259. The number of carbonyl (C=O) groups is 3. The van der Waals surface area contributed by atoms with Crippen LogP contribution in [-0.2, 0) is 14.4 Å². The average molecular weight is 188 g/mol. The lowest BCUT2D eigenvalue weighted by Gasteiger charge is -2.08. The predicted molar refractivity (Wildman–Crippen MR) is 44.0 cm³/mol. The van der Waals surface area contributed by atoms with Gasteiger partial charge in [-0.15, -0.1) is 0 Å². The van der Waals surface area contributed by atoms with Crippen molar-refractivity contribution in [3.05, 3.63) is 0 Å². The first kappa shape index (κ1) is 11.4. The summed E-state index contributed by atoms with van der Waals surface area (Å²) in [6.07, 6.45) is -0.259. The zero-order chi connectivity index (χ0) is 10.4. The normalized spacial score (nSPS) is 11.8. The molecule has 0 aliphatic heterocycles. The largest absolute Gasteiger partial charge is 0.370 e. The number of nitrogens with one attached hydrogen (secondary N) is 1. The average Bonchev–Trinajstić information content (AvgIpc) is 1.98. The Labute approximate surface area is 74.6 Å². The van der Waals surface area contributed by atoms with Gasteiger partial charge in [0.15, 0.2) is 0 Å². The van der Waals surface area contributed by atoms with Gasteiger partial charge in [0.2, 0.25) is 17.7 Å². The first-order valence-corrected chi connectivity index (χ1v) is 3.53. The Bertz CT molecular complexity index is 228. The highest BCUT2D eigenvalue weighted by molar-refractivity contribution is 5.90. The van der Waals surface area contributed by atoms with Crippen LogP contribution in [0.25, 0.3) is 0 Å². The van der Waals surface area contributed by atoms with Crippen molar-refractivity contribution in [2.75, 3.05) is 6.54 Å². The maximum Gasteiger partial charge on any atom is 0.237 e. The summed E-state index contributed by atoms with van der Waals surface area (Å²) in [5, 5.41) is 2.14. The predicted octanol–water partition coefficient (Wildman–Crippen LogP) is -3.21. The van der Waals surface area contributed by atoms with Crippen molar-refractivity contribution in [1.29, 1.82) is 0 Å². The second kappa shape index (κ2) is 5.09. The highest BCUT2D eigenvalue weighted by atomic mass is 16.2. The number of amides is 3. The minimum atomic E-state index is -1.03. The van der Waals surface area contributed by atoms with E-state index in [9.17, 15) is 14.4 Å². The molecule has 7 heteroatoms. The molecule has 0 unspecified atom stereocenters. The topological polar surface area (TPSA) is 141 Å². The highest BCUT2D eigenvalue weighted by Crippen LogP contribution is 1.85. The molecule has 0 aromatic rings. The molecule has 13 heavy (non-hydrogen) atoms. The van der Waals surface area contributed by atoms with Gasteiger partial charge >= 0.3 is 0 Å². The molecule has 7 nitrogen and oxygen atoms in total. The zero-order valence-electron chi connectivity index (χ0n) is 6.95. The molecule has 0 saturated carbocycles. The molecule has 0 heterocycles. The molecule has 3 amide bonds. The van der Waals surface area contributed by atoms with E-state index in [1.807, 2.05) is 0 Å². The summed E-state index contributed by atoms with van der Waals surface area (Å²) in [7, 11) is 0. The summed E-state index contributed by atoms with van der Waals surface area (Å²) in [5.74, 6) is -1.99. The first-order valence-electron chi connectivity index (χ1n) is 3.53. The monoisotopic (exact) mass is 188 g/mol. The standard InChI is InChI=1S/C6H12N4O3/c7-3(1-4(8)11)6(13)10-2-5(9)12/h3H,1-2,7H2,(H2,8,11)(H2,9,12)(H,10,13)/t3-/m0/s1. The van der Waals surface area contributed by atoms with Crippen LogP contribution >= 0.6 is 0 Å². The van der Waals surface area contributed by atoms with Crippen LogP contribution in [0.5, 0.6) is 0 Å². The SMILES string of the molecule is NC(=O)CNC(=O)[C@@H](N)CC(N)=O. The third-order valence-electron chi connectivity index (χ3n) is 1.19. The van der Waals surface area contributed by atoms with Gasteiger partial charge in [-0.1, -0.05) is 0 Å². The number of hydrogen-bond acceptors (Lipinski definition) is 4. The number of primary amides is 2. The third kappa shape index (κ3) is 5.62. The fourth-order valence-electron chi connectivity index (χ4n) is 0.615. The zero-order valence-corrected chi connectivity index (χ0v) is 6.95. The second-order valence-corrected chi connectivity index (χ2v) is 2.46. The highest BCUT2D eigenvalue weighted by Gasteiger charge is 2.15. The summed E-state index contributed by atoms with van der Waals surface area (Å²) in [5.41, 5.74) is 14.8. The van der Waals surface area contributed by atoms with E-state index < -0.39 is 23.8 Å². The Morgan fingerprint density at radius 3 is 2.08 bits per heavy atom. The maximum atomic E-state index is 10.9. The van der Waals surface area contributed by atoms with Gasteiger partial charge < -0.3 is 22.5 Å².